The molecule has 1 fully saturated rings. The van der Waals surface area contributed by atoms with Gasteiger partial charge >= 0.3 is 5.97 Å². The number of nitrogens with one attached hydrogen (secondary N) is 1. The van der Waals surface area contributed by atoms with Crippen LogP contribution in [0.4, 0.5) is 0 Å². The van der Waals surface area contributed by atoms with Gasteiger partial charge in [-0.05, 0) is 50.5 Å². The summed E-state index contributed by atoms with van der Waals surface area (Å²) in [5.74, 6) is -0.486. The lowest BCUT2D eigenvalue weighted by Crippen LogP contribution is -2.55. The van der Waals surface area contributed by atoms with Crippen LogP contribution in [-0.4, -0.2) is 38.2 Å². The summed E-state index contributed by atoms with van der Waals surface area (Å²) >= 11 is 0. The van der Waals surface area contributed by atoms with Crippen LogP contribution < -0.4 is 4.72 Å². The van der Waals surface area contributed by atoms with Crippen molar-refractivity contribution in [3.63, 3.8) is 0 Å². The molecule has 0 radical (unpaired) electrons. The highest BCUT2D eigenvalue weighted by Crippen LogP contribution is 2.32. The lowest BCUT2D eigenvalue weighted by molar-refractivity contribution is 0.0526. The van der Waals surface area contributed by atoms with Gasteiger partial charge in [0.2, 0.25) is 10.0 Å². The summed E-state index contributed by atoms with van der Waals surface area (Å²) in [5.41, 5.74) is -0.435. The third-order valence-electron chi connectivity index (χ3n) is 3.64. The fourth-order valence-corrected chi connectivity index (χ4v) is 3.68. The molecule has 0 heterocycles. The van der Waals surface area contributed by atoms with E-state index < -0.39 is 21.5 Å². The number of rotatable bonds is 6. The third kappa shape index (κ3) is 3.42. The van der Waals surface area contributed by atoms with Crippen molar-refractivity contribution in [1.29, 1.82) is 0 Å². The number of benzene rings is 1. The Kier molecular flexibility index (Phi) is 4.65. The average molecular weight is 313 g/mol. The van der Waals surface area contributed by atoms with Crippen molar-refractivity contribution in [2.45, 2.75) is 36.6 Å². The molecule has 0 aliphatic heterocycles. The van der Waals surface area contributed by atoms with E-state index in [1.807, 2.05) is 0 Å². The van der Waals surface area contributed by atoms with Crippen LogP contribution in [0.2, 0.25) is 0 Å². The quantitative estimate of drug-likeness (QED) is 0.766. The highest BCUT2D eigenvalue weighted by atomic mass is 32.2. The lowest BCUT2D eigenvalue weighted by atomic mass is 9.78. The highest BCUT2D eigenvalue weighted by molar-refractivity contribution is 7.89. The monoisotopic (exact) mass is 313 g/mol. The van der Waals surface area contributed by atoms with Crippen LogP contribution in [0.15, 0.2) is 29.2 Å². The first kappa shape index (κ1) is 15.9. The number of sulfonamides is 1. The molecule has 2 rings (SSSR count). The van der Waals surface area contributed by atoms with Crippen LogP contribution in [0.5, 0.6) is 0 Å². The maximum absolute atomic E-state index is 12.3. The highest BCUT2D eigenvalue weighted by Gasteiger charge is 2.40. The number of aliphatic hydroxyl groups excluding tert-OH is 1. The Labute approximate surface area is 124 Å². The molecule has 21 heavy (non-hydrogen) atoms. The van der Waals surface area contributed by atoms with Gasteiger partial charge in [-0.25, -0.2) is 17.9 Å². The van der Waals surface area contributed by atoms with Gasteiger partial charge in [0, 0.05) is 0 Å². The minimum atomic E-state index is -3.71. The van der Waals surface area contributed by atoms with Gasteiger partial charge in [0.05, 0.1) is 29.2 Å². The molecule has 7 heteroatoms. The van der Waals surface area contributed by atoms with Gasteiger partial charge in [-0.1, -0.05) is 0 Å². The van der Waals surface area contributed by atoms with Gasteiger partial charge in [0.1, 0.15) is 0 Å². The third-order valence-corrected chi connectivity index (χ3v) is 5.23. The Balaban J connectivity index is 2.15. The molecule has 2 N–H and O–H groups in total. The minimum Gasteiger partial charge on any atom is -0.462 e. The second-order valence-electron chi connectivity index (χ2n) is 5.14. The number of aliphatic hydroxyl groups is 1. The summed E-state index contributed by atoms with van der Waals surface area (Å²) < 4.78 is 31.9. The molecule has 1 aliphatic carbocycles. The zero-order valence-corrected chi connectivity index (χ0v) is 12.6. The Hall–Kier alpha value is -1.44. The maximum Gasteiger partial charge on any atom is 0.338 e. The molecule has 1 aliphatic rings. The van der Waals surface area contributed by atoms with E-state index in [-0.39, 0.29) is 18.1 Å². The molecule has 6 nitrogen and oxygen atoms in total. The van der Waals surface area contributed by atoms with Gasteiger partial charge in [0.25, 0.3) is 0 Å². The Morgan fingerprint density at radius 3 is 2.38 bits per heavy atom. The minimum absolute atomic E-state index is 0.0651. The summed E-state index contributed by atoms with van der Waals surface area (Å²) in [6, 6.07) is 5.55. The van der Waals surface area contributed by atoms with E-state index in [0.29, 0.717) is 18.4 Å². The molecule has 1 aromatic carbocycles. The number of ether oxygens (including phenoxy) is 1. The van der Waals surface area contributed by atoms with Crippen molar-refractivity contribution in [2.24, 2.45) is 0 Å². The van der Waals surface area contributed by atoms with E-state index in [1.54, 1.807) is 6.92 Å². The topological polar surface area (TPSA) is 92.7 Å². The summed E-state index contributed by atoms with van der Waals surface area (Å²) in [6.45, 7) is 1.75. The predicted molar refractivity (Wildman–Crippen MR) is 76.4 cm³/mol. The van der Waals surface area contributed by atoms with E-state index in [4.69, 9.17) is 4.74 Å². The van der Waals surface area contributed by atoms with Crippen LogP contribution in [0.1, 0.15) is 36.5 Å². The Bertz CT molecular complexity index is 599. The Morgan fingerprint density at radius 1 is 1.33 bits per heavy atom. The van der Waals surface area contributed by atoms with Crippen LogP contribution in [-0.2, 0) is 14.8 Å². The maximum atomic E-state index is 12.3. The molecular weight excluding hydrogens is 294 g/mol. The zero-order valence-electron chi connectivity index (χ0n) is 11.8. The van der Waals surface area contributed by atoms with E-state index in [2.05, 4.69) is 4.72 Å². The number of carbonyl (C=O) groups is 1. The molecule has 0 aromatic heterocycles. The molecule has 0 atom stereocenters. The molecule has 116 valence electrons. The van der Waals surface area contributed by atoms with Gasteiger partial charge in [-0.3, -0.25) is 0 Å². The van der Waals surface area contributed by atoms with Crippen molar-refractivity contribution < 1.29 is 23.1 Å². The summed E-state index contributed by atoms with van der Waals surface area (Å²) in [6.07, 6.45) is 2.15. The standard InChI is InChI=1S/C14H19NO5S/c1-2-20-13(17)11-4-6-12(7-5-11)21(18,19)15-14(10-16)8-3-9-14/h4-7,15-16H,2-3,8-10H2,1H3. The lowest BCUT2D eigenvalue weighted by Gasteiger charge is -2.40. The van der Waals surface area contributed by atoms with Gasteiger partial charge in [-0.2, -0.15) is 0 Å². The number of esters is 1. The van der Waals surface area contributed by atoms with Crippen LogP contribution in [0, 0.1) is 0 Å². The fourth-order valence-electron chi connectivity index (χ4n) is 2.22. The number of carbonyl (C=O) groups excluding carboxylic acids is 1. The molecule has 0 spiro atoms. The van der Waals surface area contributed by atoms with Gasteiger partial charge in [0.15, 0.2) is 0 Å². The average Bonchev–Trinajstić information content (AvgIpc) is 2.43. The first-order valence-electron chi connectivity index (χ1n) is 6.84. The first-order chi connectivity index (χ1) is 9.92. The molecular formula is C14H19NO5S. The van der Waals surface area contributed by atoms with Crippen LogP contribution >= 0.6 is 0 Å². The van der Waals surface area contributed by atoms with E-state index in [0.717, 1.165) is 6.42 Å². The van der Waals surface area contributed by atoms with Gasteiger partial charge < -0.3 is 9.84 Å². The first-order valence-corrected chi connectivity index (χ1v) is 8.33. The van der Waals surface area contributed by atoms with Gasteiger partial charge in [-0.15, -0.1) is 0 Å². The van der Waals surface area contributed by atoms with E-state index in [1.165, 1.54) is 24.3 Å². The van der Waals surface area contributed by atoms with Crippen molar-refractivity contribution in [3.8, 4) is 0 Å². The largest absolute Gasteiger partial charge is 0.462 e. The zero-order chi connectivity index (χ0) is 15.5. The molecule has 0 amide bonds. The van der Waals surface area contributed by atoms with Crippen LogP contribution in [0.25, 0.3) is 0 Å². The molecule has 1 saturated carbocycles. The molecule has 1 aromatic rings. The SMILES string of the molecule is CCOC(=O)c1ccc(S(=O)(=O)NC2(CO)CCC2)cc1. The van der Waals surface area contributed by atoms with Crippen molar-refractivity contribution in [2.75, 3.05) is 13.2 Å². The number of hydrogen-bond acceptors (Lipinski definition) is 5. The molecule has 0 bridgehead atoms. The normalized spacial score (nSPS) is 17.0. The van der Waals surface area contributed by atoms with E-state index in [9.17, 15) is 18.3 Å². The van der Waals surface area contributed by atoms with Crippen molar-refractivity contribution in [1.82, 2.24) is 4.72 Å². The predicted octanol–water partition coefficient (Wildman–Crippen LogP) is 1.06. The molecule has 0 unspecified atom stereocenters. The summed E-state index contributed by atoms with van der Waals surface area (Å²) in [7, 11) is -3.71. The second kappa shape index (κ2) is 6.13. The summed E-state index contributed by atoms with van der Waals surface area (Å²) in [4.78, 5) is 11.6. The Morgan fingerprint density at radius 2 is 1.95 bits per heavy atom. The smallest absolute Gasteiger partial charge is 0.338 e. The summed E-state index contributed by atoms with van der Waals surface area (Å²) in [5, 5.41) is 9.33. The second-order valence-corrected chi connectivity index (χ2v) is 6.82. The van der Waals surface area contributed by atoms with Crippen molar-refractivity contribution >= 4 is 16.0 Å². The van der Waals surface area contributed by atoms with Crippen LogP contribution in [0.3, 0.4) is 0 Å². The molecule has 0 saturated heterocycles. The number of hydrogen-bond donors (Lipinski definition) is 2. The van der Waals surface area contributed by atoms with Crippen molar-refractivity contribution in [3.05, 3.63) is 29.8 Å². The fraction of sp³-hybridized carbons (Fsp3) is 0.500. The van der Waals surface area contributed by atoms with E-state index >= 15 is 0 Å².